The van der Waals surface area contributed by atoms with Gasteiger partial charge in [-0.3, -0.25) is 0 Å². The molecule has 0 aromatic carbocycles. The second kappa shape index (κ2) is 3.58. The number of pyridine rings is 1. The van der Waals surface area contributed by atoms with E-state index >= 15 is 0 Å². The van der Waals surface area contributed by atoms with E-state index < -0.39 is 5.97 Å². The van der Waals surface area contributed by atoms with Crippen LogP contribution in [-0.2, 0) is 12.8 Å². The molecule has 4 heteroatoms. The molecule has 0 spiro atoms. The van der Waals surface area contributed by atoms with Crippen molar-refractivity contribution in [2.75, 3.05) is 0 Å². The highest BCUT2D eigenvalue weighted by atomic mass is 16.4. The standard InChI is InChI=1S/C13H14N2O2/c1-8-4-5-10-11(7-8)15-6-2-3-9(13(16)17)12(15)14-10/h2-3,6,8H,4-5,7H2,1H3,(H,16,17). The van der Waals surface area contributed by atoms with Crippen LogP contribution >= 0.6 is 0 Å². The highest BCUT2D eigenvalue weighted by Crippen LogP contribution is 2.26. The topological polar surface area (TPSA) is 54.6 Å². The second-order valence-electron chi connectivity index (χ2n) is 4.77. The van der Waals surface area contributed by atoms with Gasteiger partial charge in [0.15, 0.2) is 5.65 Å². The lowest BCUT2D eigenvalue weighted by atomic mass is 9.91. The minimum atomic E-state index is -0.911. The number of carbonyl (C=O) groups is 1. The van der Waals surface area contributed by atoms with Gasteiger partial charge in [0.1, 0.15) is 5.56 Å². The Bertz CT molecular complexity index is 601. The van der Waals surface area contributed by atoms with Crippen LogP contribution < -0.4 is 0 Å². The minimum absolute atomic E-state index is 0.287. The third kappa shape index (κ3) is 1.52. The Kier molecular flexibility index (Phi) is 2.18. The molecule has 0 radical (unpaired) electrons. The number of aryl methyl sites for hydroxylation is 1. The third-order valence-corrected chi connectivity index (χ3v) is 3.48. The van der Waals surface area contributed by atoms with Crippen molar-refractivity contribution in [3.05, 3.63) is 35.3 Å². The summed E-state index contributed by atoms with van der Waals surface area (Å²) in [4.78, 5) is 15.6. The number of nitrogens with zero attached hydrogens (tertiary/aromatic N) is 2. The lowest BCUT2D eigenvalue weighted by Crippen LogP contribution is -2.12. The van der Waals surface area contributed by atoms with E-state index in [1.165, 1.54) is 5.69 Å². The molecule has 0 amide bonds. The van der Waals surface area contributed by atoms with Gasteiger partial charge in [-0.2, -0.15) is 0 Å². The number of hydrogen-bond acceptors (Lipinski definition) is 2. The van der Waals surface area contributed by atoms with Crippen molar-refractivity contribution < 1.29 is 9.90 Å². The Hall–Kier alpha value is -1.84. The molecule has 17 heavy (non-hydrogen) atoms. The van der Waals surface area contributed by atoms with Gasteiger partial charge in [0.2, 0.25) is 0 Å². The SMILES string of the molecule is CC1CCc2nc3c(C(=O)O)cccn3c2C1. The van der Waals surface area contributed by atoms with E-state index in [0.717, 1.165) is 25.0 Å². The van der Waals surface area contributed by atoms with Crippen LogP contribution in [0.3, 0.4) is 0 Å². The minimum Gasteiger partial charge on any atom is -0.478 e. The Balaban J connectivity index is 2.28. The molecule has 4 nitrogen and oxygen atoms in total. The van der Waals surface area contributed by atoms with E-state index in [9.17, 15) is 4.79 Å². The van der Waals surface area contributed by atoms with Gasteiger partial charge in [0, 0.05) is 11.9 Å². The van der Waals surface area contributed by atoms with Gasteiger partial charge in [-0.25, -0.2) is 9.78 Å². The van der Waals surface area contributed by atoms with Crippen molar-refractivity contribution in [3.8, 4) is 0 Å². The zero-order valence-electron chi connectivity index (χ0n) is 9.68. The number of fused-ring (bicyclic) bond motifs is 3. The number of carboxylic acid groups (broad SMARTS) is 1. The fraction of sp³-hybridized carbons (Fsp3) is 0.385. The Morgan fingerprint density at radius 2 is 2.41 bits per heavy atom. The number of hydrogen-bond donors (Lipinski definition) is 1. The van der Waals surface area contributed by atoms with Crippen LogP contribution in [0.25, 0.3) is 5.65 Å². The highest BCUT2D eigenvalue weighted by Gasteiger charge is 2.22. The van der Waals surface area contributed by atoms with Gasteiger partial charge in [-0.1, -0.05) is 6.92 Å². The van der Waals surface area contributed by atoms with Gasteiger partial charge in [-0.15, -0.1) is 0 Å². The van der Waals surface area contributed by atoms with E-state index in [-0.39, 0.29) is 5.56 Å². The molecule has 1 unspecified atom stereocenters. The number of rotatable bonds is 1. The lowest BCUT2D eigenvalue weighted by molar-refractivity contribution is 0.0698. The van der Waals surface area contributed by atoms with Crippen molar-refractivity contribution in [1.82, 2.24) is 9.38 Å². The van der Waals surface area contributed by atoms with Crippen molar-refractivity contribution in [1.29, 1.82) is 0 Å². The molecule has 0 saturated carbocycles. The summed E-state index contributed by atoms with van der Waals surface area (Å²) in [7, 11) is 0. The zero-order valence-corrected chi connectivity index (χ0v) is 9.68. The van der Waals surface area contributed by atoms with Gasteiger partial charge >= 0.3 is 5.97 Å². The first kappa shape index (κ1) is 10.3. The Labute approximate surface area is 98.9 Å². The van der Waals surface area contributed by atoms with Crippen molar-refractivity contribution in [3.63, 3.8) is 0 Å². The molecule has 1 aliphatic carbocycles. The average Bonchev–Trinajstić information content (AvgIpc) is 2.66. The summed E-state index contributed by atoms with van der Waals surface area (Å²) in [5.41, 5.74) is 3.12. The maximum absolute atomic E-state index is 11.1. The van der Waals surface area contributed by atoms with Crippen molar-refractivity contribution in [2.24, 2.45) is 5.92 Å². The summed E-state index contributed by atoms with van der Waals surface area (Å²) in [6.07, 6.45) is 4.99. The van der Waals surface area contributed by atoms with Crippen molar-refractivity contribution >= 4 is 11.6 Å². The molecule has 88 valence electrons. The molecule has 2 aromatic heterocycles. The van der Waals surface area contributed by atoms with E-state index in [0.29, 0.717) is 11.6 Å². The van der Waals surface area contributed by atoms with E-state index in [1.54, 1.807) is 12.1 Å². The van der Waals surface area contributed by atoms with Crippen LogP contribution in [0, 0.1) is 5.92 Å². The Morgan fingerprint density at radius 3 is 3.18 bits per heavy atom. The van der Waals surface area contributed by atoms with Gasteiger partial charge in [0.05, 0.1) is 5.69 Å². The van der Waals surface area contributed by atoms with Crippen LogP contribution in [0.4, 0.5) is 0 Å². The highest BCUT2D eigenvalue weighted by molar-refractivity contribution is 5.94. The van der Waals surface area contributed by atoms with Gasteiger partial charge < -0.3 is 9.51 Å². The molecule has 0 saturated heterocycles. The van der Waals surface area contributed by atoms with Crippen molar-refractivity contribution in [2.45, 2.75) is 26.2 Å². The molecule has 1 aliphatic rings. The predicted octanol–water partition coefficient (Wildman–Crippen LogP) is 2.16. The fourth-order valence-corrected chi connectivity index (χ4v) is 2.56. The first-order chi connectivity index (χ1) is 8.16. The smallest absolute Gasteiger partial charge is 0.339 e. The molecule has 2 aromatic rings. The van der Waals surface area contributed by atoms with Gasteiger partial charge in [-0.05, 0) is 37.3 Å². The molecular formula is C13H14N2O2. The van der Waals surface area contributed by atoms with Crippen LogP contribution in [0.1, 0.15) is 35.1 Å². The normalized spacial score (nSPS) is 19.2. The molecular weight excluding hydrogens is 216 g/mol. The number of carboxylic acids is 1. The van der Waals surface area contributed by atoms with E-state index in [2.05, 4.69) is 11.9 Å². The molecule has 1 N–H and O–H groups in total. The lowest BCUT2D eigenvalue weighted by Gasteiger charge is -2.17. The summed E-state index contributed by atoms with van der Waals surface area (Å²) < 4.78 is 1.94. The van der Waals surface area contributed by atoms with Crippen LogP contribution in [0.2, 0.25) is 0 Å². The predicted molar refractivity (Wildman–Crippen MR) is 63.3 cm³/mol. The average molecular weight is 230 g/mol. The molecule has 0 fully saturated rings. The molecule has 0 aliphatic heterocycles. The third-order valence-electron chi connectivity index (χ3n) is 3.48. The first-order valence-electron chi connectivity index (χ1n) is 5.89. The van der Waals surface area contributed by atoms with Crippen LogP contribution in [-0.4, -0.2) is 20.5 Å². The second-order valence-corrected chi connectivity index (χ2v) is 4.77. The quantitative estimate of drug-likeness (QED) is 0.816. The number of imidazole rings is 1. The van der Waals surface area contributed by atoms with Gasteiger partial charge in [0.25, 0.3) is 0 Å². The molecule has 0 bridgehead atoms. The summed E-state index contributed by atoms with van der Waals surface area (Å²) in [6, 6.07) is 3.39. The summed E-state index contributed by atoms with van der Waals surface area (Å²) >= 11 is 0. The van der Waals surface area contributed by atoms with Crippen LogP contribution in [0.5, 0.6) is 0 Å². The fourth-order valence-electron chi connectivity index (χ4n) is 2.56. The van der Waals surface area contributed by atoms with Crippen LogP contribution in [0.15, 0.2) is 18.3 Å². The zero-order chi connectivity index (χ0) is 12.0. The largest absolute Gasteiger partial charge is 0.478 e. The number of aromatic carboxylic acids is 1. The Morgan fingerprint density at radius 1 is 1.59 bits per heavy atom. The summed E-state index contributed by atoms with van der Waals surface area (Å²) in [6.45, 7) is 2.23. The van der Waals surface area contributed by atoms with E-state index in [1.807, 2.05) is 10.6 Å². The molecule has 2 heterocycles. The summed E-state index contributed by atoms with van der Waals surface area (Å²) in [5, 5.41) is 9.14. The molecule has 1 atom stereocenters. The monoisotopic (exact) mass is 230 g/mol. The first-order valence-corrected chi connectivity index (χ1v) is 5.89. The maximum atomic E-state index is 11.1. The molecule has 3 rings (SSSR count). The maximum Gasteiger partial charge on any atom is 0.339 e. The summed E-state index contributed by atoms with van der Waals surface area (Å²) in [5.74, 6) is -0.262. The van der Waals surface area contributed by atoms with E-state index in [4.69, 9.17) is 5.11 Å². The number of aromatic nitrogens is 2.